The van der Waals surface area contributed by atoms with Crippen LogP contribution in [-0.4, -0.2) is 11.1 Å². The molecule has 20 heavy (non-hydrogen) atoms. The fourth-order valence-corrected chi connectivity index (χ4v) is 2.17. The van der Waals surface area contributed by atoms with Gasteiger partial charge in [0.05, 0.1) is 5.57 Å². The summed E-state index contributed by atoms with van der Waals surface area (Å²) in [4.78, 5) is 11.4. The number of carboxylic acid groups (broad SMARTS) is 1. The van der Waals surface area contributed by atoms with Gasteiger partial charge in [0.1, 0.15) is 0 Å². The van der Waals surface area contributed by atoms with Crippen molar-refractivity contribution in [1.29, 1.82) is 0 Å². The Balaban J connectivity index is 2.51. The zero-order valence-electron chi connectivity index (χ0n) is 10.7. The standard InChI is InChI=1S/C16H12Cl2O2/c1-10-5-6-12(9-15(10)18)14(16(19)20)8-11-3-2-4-13(17)7-11/h2-9H,1H3,(H,19,20)/b14-8-. The van der Waals surface area contributed by atoms with E-state index in [1.165, 1.54) is 0 Å². The van der Waals surface area contributed by atoms with E-state index in [4.69, 9.17) is 23.2 Å². The summed E-state index contributed by atoms with van der Waals surface area (Å²) >= 11 is 12.0. The first-order chi connectivity index (χ1) is 9.47. The van der Waals surface area contributed by atoms with Crippen LogP contribution in [0.2, 0.25) is 10.0 Å². The van der Waals surface area contributed by atoms with Crippen molar-refractivity contribution in [3.63, 3.8) is 0 Å². The number of benzene rings is 2. The Labute approximate surface area is 127 Å². The minimum absolute atomic E-state index is 0.175. The molecule has 102 valence electrons. The van der Waals surface area contributed by atoms with Crippen LogP contribution in [0.1, 0.15) is 16.7 Å². The maximum Gasteiger partial charge on any atom is 0.336 e. The van der Waals surface area contributed by atoms with Gasteiger partial charge in [-0.25, -0.2) is 4.79 Å². The molecule has 0 saturated heterocycles. The van der Waals surface area contributed by atoms with Gasteiger partial charge in [-0.1, -0.05) is 47.5 Å². The van der Waals surface area contributed by atoms with E-state index in [0.717, 1.165) is 11.1 Å². The Hall–Kier alpha value is -1.77. The molecular weight excluding hydrogens is 295 g/mol. The maximum absolute atomic E-state index is 11.4. The van der Waals surface area contributed by atoms with Crippen LogP contribution < -0.4 is 0 Å². The normalized spacial score (nSPS) is 11.4. The molecular formula is C16H12Cl2O2. The summed E-state index contributed by atoms with van der Waals surface area (Å²) in [5.41, 5.74) is 2.37. The third kappa shape index (κ3) is 3.41. The molecule has 4 heteroatoms. The molecule has 0 amide bonds. The Morgan fingerprint density at radius 3 is 2.50 bits per heavy atom. The van der Waals surface area contributed by atoms with Crippen LogP contribution in [-0.2, 0) is 4.79 Å². The molecule has 0 aliphatic rings. The van der Waals surface area contributed by atoms with Gasteiger partial charge in [-0.2, -0.15) is 0 Å². The van der Waals surface area contributed by atoms with E-state index in [0.29, 0.717) is 15.6 Å². The lowest BCUT2D eigenvalue weighted by atomic mass is 10.0. The van der Waals surface area contributed by atoms with Crippen molar-refractivity contribution in [2.75, 3.05) is 0 Å². The van der Waals surface area contributed by atoms with Gasteiger partial charge in [-0.05, 0) is 47.9 Å². The largest absolute Gasteiger partial charge is 0.478 e. The Bertz CT molecular complexity index is 691. The van der Waals surface area contributed by atoms with Gasteiger partial charge >= 0.3 is 5.97 Å². The second-order valence-corrected chi connectivity index (χ2v) is 5.23. The molecule has 0 bridgehead atoms. The SMILES string of the molecule is Cc1ccc(/C(=C/c2cccc(Cl)c2)C(=O)O)cc1Cl. The first-order valence-corrected chi connectivity index (χ1v) is 6.70. The van der Waals surface area contributed by atoms with Crippen LogP contribution in [0, 0.1) is 6.92 Å². The highest BCUT2D eigenvalue weighted by atomic mass is 35.5. The lowest BCUT2D eigenvalue weighted by Gasteiger charge is -2.06. The van der Waals surface area contributed by atoms with Gasteiger partial charge in [0, 0.05) is 10.0 Å². The predicted molar refractivity (Wildman–Crippen MR) is 83.1 cm³/mol. The minimum atomic E-state index is -1.01. The van der Waals surface area contributed by atoms with Crippen LogP contribution >= 0.6 is 23.2 Å². The number of carbonyl (C=O) groups is 1. The summed E-state index contributed by atoms with van der Waals surface area (Å²) in [5, 5.41) is 10.5. The molecule has 0 fully saturated rings. The molecule has 1 N–H and O–H groups in total. The van der Waals surface area contributed by atoms with E-state index < -0.39 is 5.97 Å². The van der Waals surface area contributed by atoms with Crippen LogP contribution in [0.15, 0.2) is 42.5 Å². The van der Waals surface area contributed by atoms with Crippen molar-refractivity contribution < 1.29 is 9.90 Å². The number of halogens is 2. The molecule has 2 aromatic carbocycles. The van der Waals surface area contributed by atoms with Crippen molar-refractivity contribution in [3.8, 4) is 0 Å². The van der Waals surface area contributed by atoms with Crippen LogP contribution in [0.4, 0.5) is 0 Å². The number of hydrogen-bond acceptors (Lipinski definition) is 1. The molecule has 2 rings (SSSR count). The quantitative estimate of drug-likeness (QED) is 0.645. The van der Waals surface area contributed by atoms with E-state index in [2.05, 4.69) is 0 Å². The molecule has 0 spiro atoms. The molecule has 2 aromatic rings. The average molecular weight is 307 g/mol. The average Bonchev–Trinajstić information content (AvgIpc) is 2.39. The number of carboxylic acids is 1. The lowest BCUT2D eigenvalue weighted by molar-refractivity contribution is -0.130. The zero-order chi connectivity index (χ0) is 14.7. The molecule has 2 nitrogen and oxygen atoms in total. The van der Waals surface area contributed by atoms with Gasteiger partial charge in [0.25, 0.3) is 0 Å². The van der Waals surface area contributed by atoms with Gasteiger partial charge in [0.2, 0.25) is 0 Å². The third-order valence-electron chi connectivity index (χ3n) is 2.87. The van der Waals surface area contributed by atoms with Crippen LogP contribution in [0.25, 0.3) is 11.6 Å². The number of aryl methyl sites for hydroxylation is 1. The fraction of sp³-hybridized carbons (Fsp3) is 0.0625. The minimum Gasteiger partial charge on any atom is -0.478 e. The van der Waals surface area contributed by atoms with Gasteiger partial charge in [-0.3, -0.25) is 0 Å². The number of hydrogen-bond donors (Lipinski definition) is 1. The van der Waals surface area contributed by atoms with Crippen molar-refractivity contribution in [1.82, 2.24) is 0 Å². The van der Waals surface area contributed by atoms with Crippen molar-refractivity contribution in [2.24, 2.45) is 0 Å². The maximum atomic E-state index is 11.4. The number of aliphatic carboxylic acids is 1. The van der Waals surface area contributed by atoms with E-state index in [1.807, 2.05) is 6.92 Å². The number of rotatable bonds is 3. The monoisotopic (exact) mass is 306 g/mol. The van der Waals surface area contributed by atoms with E-state index in [1.54, 1.807) is 48.5 Å². The highest BCUT2D eigenvalue weighted by Gasteiger charge is 2.11. The Kier molecular flexibility index (Phi) is 4.48. The molecule has 0 atom stereocenters. The van der Waals surface area contributed by atoms with E-state index in [-0.39, 0.29) is 5.57 Å². The molecule has 0 aromatic heterocycles. The van der Waals surface area contributed by atoms with Crippen LogP contribution in [0.3, 0.4) is 0 Å². The molecule has 0 unspecified atom stereocenters. The molecule has 0 radical (unpaired) electrons. The zero-order valence-corrected chi connectivity index (χ0v) is 12.2. The highest BCUT2D eigenvalue weighted by molar-refractivity contribution is 6.32. The van der Waals surface area contributed by atoms with Crippen LogP contribution in [0.5, 0.6) is 0 Å². The van der Waals surface area contributed by atoms with Crippen molar-refractivity contribution in [2.45, 2.75) is 6.92 Å². The third-order valence-corrected chi connectivity index (χ3v) is 3.52. The summed E-state index contributed by atoms with van der Waals surface area (Å²) in [5.74, 6) is -1.01. The lowest BCUT2D eigenvalue weighted by Crippen LogP contribution is -2.00. The van der Waals surface area contributed by atoms with Gasteiger partial charge < -0.3 is 5.11 Å². The second-order valence-electron chi connectivity index (χ2n) is 4.38. The summed E-state index contributed by atoms with van der Waals surface area (Å²) in [6, 6.07) is 12.2. The topological polar surface area (TPSA) is 37.3 Å². The van der Waals surface area contributed by atoms with Gasteiger partial charge in [-0.15, -0.1) is 0 Å². The first kappa shape index (κ1) is 14.6. The van der Waals surface area contributed by atoms with E-state index >= 15 is 0 Å². The summed E-state index contributed by atoms with van der Waals surface area (Å²) in [6.07, 6.45) is 1.58. The molecule has 0 heterocycles. The smallest absolute Gasteiger partial charge is 0.336 e. The molecule has 0 aliphatic carbocycles. The first-order valence-electron chi connectivity index (χ1n) is 5.94. The summed E-state index contributed by atoms with van der Waals surface area (Å²) < 4.78 is 0. The highest BCUT2D eigenvalue weighted by Crippen LogP contribution is 2.25. The predicted octanol–water partition coefficient (Wildman–Crippen LogP) is 4.93. The van der Waals surface area contributed by atoms with Crippen molar-refractivity contribution >= 4 is 40.8 Å². The second kappa shape index (κ2) is 6.12. The Morgan fingerprint density at radius 1 is 1.15 bits per heavy atom. The van der Waals surface area contributed by atoms with Gasteiger partial charge in [0.15, 0.2) is 0 Å². The van der Waals surface area contributed by atoms with E-state index in [9.17, 15) is 9.90 Å². The molecule has 0 aliphatic heterocycles. The fourth-order valence-electron chi connectivity index (χ4n) is 1.79. The molecule has 0 saturated carbocycles. The van der Waals surface area contributed by atoms with Crippen molar-refractivity contribution in [3.05, 3.63) is 69.2 Å². The summed E-state index contributed by atoms with van der Waals surface area (Å²) in [7, 11) is 0. The summed E-state index contributed by atoms with van der Waals surface area (Å²) in [6.45, 7) is 1.87. The Morgan fingerprint density at radius 2 is 1.90 bits per heavy atom.